The molecule has 1 aromatic heterocycles. The fourth-order valence-electron chi connectivity index (χ4n) is 3.71. The molecule has 0 radical (unpaired) electrons. The van der Waals surface area contributed by atoms with E-state index in [1.807, 2.05) is 24.3 Å². The Hall–Kier alpha value is -2.25. The van der Waals surface area contributed by atoms with Crippen LogP contribution in [0.2, 0.25) is 0 Å². The van der Waals surface area contributed by atoms with Crippen molar-refractivity contribution in [2.45, 2.75) is 13.0 Å². The third-order valence-electron chi connectivity index (χ3n) is 5.04. The average Bonchev–Trinajstić information content (AvgIpc) is 2.67. The third kappa shape index (κ3) is 3.17. The van der Waals surface area contributed by atoms with Crippen LogP contribution in [0.4, 0.5) is 5.69 Å². The van der Waals surface area contributed by atoms with Gasteiger partial charge in [-0.25, -0.2) is 4.79 Å². The lowest BCUT2D eigenvalue weighted by molar-refractivity contribution is 0.0189. The summed E-state index contributed by atoms with van der Waals surface area (Å²) in [5.74, 6) is -0.433. The van der Waals surface area contributed by atoms with E-state index in [1.165, 1.54) is 0 Å². The SMILES string of the molecule is CCOC(=O)c1nnc2ccccc2c1NCC1CN2CCN1CC2. The molecule has 7 nitrogen and oxygen atoms in total. The van der Waals surface area contributed by atoms with E-state index < -0.39 is 5.97 Å². The highest BCUT2D eigenvalue weighted by Gasteiger charge is 2.32. The largest absolute Gasteiger partial charge is 0.461 e. The fraction of sp³-hybridized carbons (Fsp3) is 0.500. The van der Waals surface area contributed by atoms with Gasteiger partial charge in [-0.05, 0) is 13.0 Å². The zero-order valence-electron chi connectivity index (χ0n) is 14.4. The van der Waals surface area contributed by atoms with Crippen molar-refractivity contribution >= 4 is 22.6 Å². The molecule has 25 heavy (non-hydrogen) atoms. The second-order valence-electron chi connectivity index (χ2n) is 6.53. The first kappa shape index (κ1) is 16.2. The van der Waals surface area contributed by atoms with Gasteiger partial charge in [0.25, 0.3) is 0 Å². The highest BCUT2D eigenvalue weighted by molar-refractivity contribution is 6.03. The molecule has 4 heterocycles. The zero-order chi connectivity index (χ0) is 17.2. The average molecular weight is 341 g/mol. The van der Waals surface area contributed by atoms with E-state index in [0.29, 0.717) is 12.6 Å². The van der Waals surface area contributed by atoms with Crippen LogP contribution < -0.4 is 5.32 Å². The van der Waals surface area contributed by atoms with Crippen molar-refractivity contribution in [2.24, 2.45) is 0 Å². The van der Waals surface area contributed by atoms with Crippen LogP contribution in [0.15, 0.2) is 24.3 Å². The molecule has 1 aromatic carbocycles. The molecule has 0 aliphatic carbocycles. The molecule has 2 aromatic rings. The minimum Gasteiger partial charge on any atom is -0.461 e. The number of piperazine rings is 3. The second kappa shape index (κ2) is 6.93. The number of fused-ring (bicyclic) bond motifs is 4. The number of carbonyl (C=O) groups excluding carboxylic acids is 1. The lowest BCUT2D eigenvalue weighted by Gasteiger charge is -2.47. The van der Waals surface area contributed by atoms with Gasteiger partial charge in [-0.2, -0.15) is 0 Å². The van der Waals surface area contributed by atoms with Gasteiger partial charge < -0.3 is 10.1 Å². The van der Waals surface area contributed by atoms with Crippen LogP contribution >= 0.6 is 0 Å². The number of aromatic nitrogens is 2. The maximum atomic E-state index is 12.3. The Kier molecular flexibility index (Phi) is 4.50. The molecular weight excluding hydrogens is 318 g/mol. The number of benzene rings is 1. The molecular formula is C18H23N5O2. The molecule has 3 aliphatic rings. The number of hydrogen-bond donors (Lipinski definition) is 1. The van der Waals surface area contributed by atoms with Gasteiger partial charge in [0.15, 0.2) is 5.69 Å². The van der Waals surface area contributed by atoms with Crippen molar-refractivity contribution in [1.29, 1.82) is 0 Å². The molecule has 0 amide bonds. The van der Waals surface area contributed by atoms with Gasteiger partial charge in [-0.3, -0.25) is 9.80 Å². The minimum atomic E-state index is -0.433. The van der Waals surface area contributed by atoms with Gasteiger partial charge in [0, 0.05) is 50.7 Å². The van der Waals surface area contributed by atoms with Gasteiger partial charge >= 0.3 is 5.97 Å². The first-order chi connectivity index (χ1) is 12.3. The molecule has 3 saturated heterocycles. The Morgan fingerprint density at radius 1 is 1.24 bits per heavy atom. The summed E-state index contributed by atoms with van der Waals surface area (Å²) >= 11 is 0. The Labute approximate surface area is 147 Å². The van der Waals surface area contributed by atoms with Crippen molar-refractivity contribution in [1.82, 2.24) is 20.0 Å². The lowest BCUT2D eigenvalue weighted by Crippen LogP contribution is -2.62. The maximum absolute atomic E-state index is 12.3. The standard InChI is InChI=1S/C18H23N5O2/c1-2-25-18(24)17-16(14-5-3-4-6-15(14)20-21-17)19-11-13-12-22-7-9-23(13)10-8-22/h3-6,13H,2,7-12H2,1H3,(H,19,20). The Bertz CT molecular complexity index is 773. The van der Waals surface area contributed by atoms with E-state index in [0.717, 1.165) is 55.9 Å². The molecule has 1 N–H and O–H groups in total. The summed E-state index contributed by atoms with van der Waals surface area (Å²) in [5, 5.41) is 12.7. The molecule has 2 bridgehead atoms. The highest BCUT2D eigenvalue weighted by Crippen LogP contribution is 2.26. The topological polar surface area (TPSA) is 70.6 Å². The van der Waals surface area contributed by atoms with Gasteiger partial charge in [0.1, 0.15) is 0 Å². The third-order valence-corrected chi connectivity index (χ3v) is 5.04. The van der Waals surface area contributed by atoms with E-state index >= 15 is 0 Å². The van der Waals surface area contributed by atoms with Crippen molar-refractivity contribution in [3.63, 3.8) is 0 Å². The molecule has 5 rings (SSSR count). The van der Waals surface area contributed by atoms with Crippen LogP contribution in [-0.2, 0) is 4.74 Å². The fourth-order valence-corrected chi connectivity index (χ4v) is 3.71. The number of nitrogens with zero attached hydrogens (tertiary/aromatic N) is 4. The van der Waals surface area contributed by atoms with Crippen LogP contribution in [0.1, 0.15) is 17.4 Å². The summed E-state index contributed by atoms with van der Waals surface area (Å²) in [7, 11) is 0. The van der Waals surface area contributed by atoms with Crippen LogP contribution in [-0.4, -0.2) is 77.9 Å². The van der Waals surface area contributed by atoms with E-state index in [1.54, 1.807) is 6.92 Å². The summed E-state index contributed by atoms with van der Waals surface area (Å²) in [6, 6.07) is 8.18. The molecule has 7 heteroatoms. The van der Waals surface area contributed by atoms with Gasteiger partial charge in [-0.1, -0.05) is 18.2 Å². The Morgan fingerprint density at radius 3 is 2.76 bits per heavy atom. The normalized spacial score (nSPS) is 25.1. The second-order valence-corrected chi connectivity index (χ2v) is 6.53. The molecule has 1 unspecified atom stereocenters. The van der Waals surface area contributed by atoms with E-state index in [2.05, 4.69) is 25.3 Å². The smallest absolute Gasteiger partial charge is 0.361 e. The number of anilines is 1. The predicted octanol–water partition coefficient (Wildman–Crippen LogP) is 1.22. The first-order valence-corrected chi connectivity index (χ1v) is 8.89. The number of nitrogens with one attached hydrogen (secondary N) is 1. The summed E-state index contributed by atoms with van der Waals surface area (Å²) in [4.78, 5) is 17.3. The zero-order valence-corrected chi connectivity index (χ0v) is 14.4. The lowest BCUT2D eigenvalue weighted by atomic mass is 10.1. The van der Waals surface area contributed by atoms with Gasteiger partial charge in [0.05, 0.1) is 17.8 Å². The molecule has 3 fully saturated rings. The Morgan fingerprint density at radius 2 is 2.04 bits per heavy atom. The highest BCUT2D eigenvalue weighted by atomic mass is 16.5. The molecule has 1 atom stereocenters. The number of hydrogen-bond acceptors (Lipinski definition) is 7. The number of ether oxygens (including phenoxy) is 1. The van der Waals surface area contributed by atoms with E-state index in [-0.39, 0.29) is 5.69 Å². The molecule has 3 aliphatic heterocycles. The monoisotopic (exact) mass is 341 g/mol. The van der Waals surface area contributed by atoms with Gasteiger partial charge in [0.2, 0.25) is 0 Å². The quantitative estimate of drug-likeness (QED) is 0.820. The molecule has 0 spiro atoms. The van der Waals surface area contributed by atoms with Crippen molar-refractivity contribution in [3.8, 4) is 0 Å². The summed E-state index contributed by atoms with van der Waals surface area (Å²) in [6.45, 7) is 8.50. The van der Waals surface area contributed by atoms with Crippen LogP contribution in [0.5, 0.6) is 0 Å². The van der Waals surface area contributed by atoms with Crippen LogP contribution in [0.3, 0.4) is 0 Å². The van der Waals surface area contributed by atoms with Gasteiger partial charge in [-0.15, -0.1) is 10.2 Å². The summed E-state index contributed by atoms with van der Waals surface area (Å²) < 4.78 is 5.16. The van der Waals surface area contributed by atoms with E-state index in [9.17, 15) is 4.79 Å². The number of carbonyl (C=O) groups is 1. The van der Waals surface area contributed by atoms with Crippen LogP contribution in [0.25, 0.3) is 10.9 Å². The van der Waals surface area contributed by atoms with Crippen molar-refractivity contribution in [2.75, 3.05) is 51.2 Å². The summed E-state index contributed by atoms with van der Waals surface area (Å²) in [6.07, 6.45) is 0. The minimum absolute atomic E-state index is 0.261. The summed E-state index contributed by atoms with van der Waals surface area (Å²) in [5.41, 5.74) is 1.76. The van der Waals surface area contributed by atoms with Crippen molar-refractivity contribution in [3.05, 3.63) is 30.0 Å². The first-order valence-electron chi connectivity index (χ1n) is 8.89. The predicted molar refractivity (Wildman–Crippen MR) is 95.8 cm³/mol. The molecule has 0 saturated carbocycles. The maximum Gasteiger partial charge on any atom is 0.361 e. The number of rotatable bonds is 5. The van der Waals surface area contributed by atoms with Crippen LogP contribution in [0, 0.1) is 0 Å². The van der Waals surface area contributed by atoms with Crippen molar-refractivity contribution < 1.29 is 9.53 Å². The van der Waals surface area contributed by atoms with E-state index in [4.69, 9.17) is 4.74 Å². The Balaban J connectivity index is 1.62. The molecule has 132 valence electrons. The number of esters is 1.